The molecule has 0 spiro atoms. The summed E-state index contributed by atoms with van der Waals surface area (Å²) in [6.07, 6.45) is 5.39. The Bertz CT molecular complexity index is 701. The van der Waals surface area contributed by atoms with Gasteiger partial charge in [0, 0.05) is 41.0 Å². The molecule has 0 atom stereocenters. The number of nitrogens with zero attached hydrogens (tertiary/aromatic N) is 2. The normalized spacial score (nSPS) is 21.0. The van der Waals surface area contributed by atoms with Crippen LogP contribution in [0.4, 0.5) is 5.69 Å². The summed E-state index contributed by atoms with van der Waals surface area (Å²) in [6.45, 7) is 4.14. The zero-order valence-electron chi connectivity index (χ0n) is 14.2. The predicted molar refractivity (Wildman–Crippen MR) is 95.6 cm³/mol. The third kappa shape index (κ3) is 3.64. The van der Waals surface area contributed by atoms with Gasteiger partial charge in [-0.1, -0.05) is 17.3 Å². The molecule has 1 fully saturated rings. The van der Waals surface area contributed by atoms with Crippen molar-refractivity contribution in [1.82, 2.24) is 10.1 Å². The molecule has 0 radical (unpaired) electrons. The Morgan fingerprint density at radius 3 is 2.71 bits per heavy atom. The van der Waals surface area contributed by atoms with Crippen molar-refractivity contribution in [2.24, 2.45) is 5.73 Å². The number of hydrogen-bond acceptors (Lipinski definition) is 6. The van der Waals surface area contributed by atoms with Crippen LogP contribution in [0.15, 0.2) is 22.7 Å². The molecule has 0 amide bonds. The molecule has 2 aromatic rings. The van der Waals surface area contributed by atoms with E-state index >= 15 is 0 Å². The number of rotatable bonds is 5. The molecule has 0 saturated heterocycles. The second-order valence-electron chi connectivity index (χ2n) is 6.81. The molecular formula is C18H25N5O. The monoisotopic (exact) mass is 327 g/mol. The van der Waals surface area contributed by atoms with Crippen molar-refractivity contribution in [2.75, 3.05) is 5.32 Å². The zero-order chi connectivity index (χ0) is 17.1. The highest BCUT2D eigenvalue weighted by molar-refractivity contribution is 5.87. The van der Waals surface area contributed by atoms with Crippen molar-refractivity contribution >= 4 is 11.9 Å². The molecule has 1 heterocycles. The van der Waals surface area contributed by atoms with Crippen molar-refractivity contribution in [3.05, 3.63) is 29.7 Å². The minimum Gasteiger partial charge on any atom is -0.382 e. The van der Waals surface area contributed by atoms with E-state index in [0.717, 1.165) is 42.5 Å². The summed E-state index contributed by atoms with van der Waals surface area (Å²) in [4.78, 5) is 4.60. The van der Waals surface area contributed by atoms with Crippen LogP contribution < -0.4 is 11.1 Å². The highest BCUT2D eigenvalue weighted by Gasteiger charge is 2.25. The fourth-order valence-electron chi connectivity index (χ4n) is 3.14. The van der Waals surface area contributed by atoms with E-state index in [1.807, 2.05) is 18.2 Å². The minimum absolute atomic E-state index is 0.284. The molecule has 0 bridgehead atoms. The first kappa shape index (κ1) is 16.6. The van der Waals surface area contributed by atoms with E-state index < -0.39 is 0 Å². The van der Waals surface area contributed by atoms with Crippen molar-refractivity contribution in [1.29, 1.82) is 5.41 Å². The van der Waals surface area contributed by atoms with Crippen LogP contribution in [0.5, 0.6) is 0 Å². The van der Waals surface area contributed by atoms with E-state index in [9.17, 15) is 0 Å². The summed E-state index contributed by atoms with van der Waals surface area (Å²) in [5.41, 5.74) is 8.61. The summed E-state index contributed by atoms with van der Waals surface area (Å²) in [5, 5.41) is 15.0. The van der Waals surface area contributed by atoms with Crippen LogP contribution >= 0.6 is 0 Å². The van der Waals surface area contributed by atoms with Crippen LogP contribution in [0, 0.1) is 5.41 Å². The molecule has 6 heteroatoms. The maximum atomic E-state index is 7.53. The van der Waals surface area contributed by atoms with E-state index in [1.54, 1.807) is 0 Å². The molecule has 24 heavy (non-hydrogen) atoms. The first-order valence-corrected chi connectivity index (χ1v) is 8.57. The molecule has 0 unspecified atom stereocenters. The van der Waals surface area contributed by atoms with Gasteiger partial charge in [-0.05, 0) is 45.6 Å². The van der Waals surface area contributed by atoms with Crippen molar-refractivity contribution in [3.63, 3.8) is 0 Å². The maximum absolute atomic E-state index is 7.53. The fraction of sp³-hybridized carbons (Fsp3) is 0.500. The van der Waals surface area contributed by atoms with Crippen molar-refractivity contribution in [3.8, 4) is 11.4 Å². The molecule has 6 nitrogen and oxygen atoms in total. The first-order valence-electron chi connectivity index (χ1n) is 8.57. The van der Waals surface area contributed by atoms with Gasteiger partial charge in [0.25, 0.3) is 0 Å². The number of nitrogens with one attached hydrogen (secondary N) is 2. The lowest BCUT2D eigenvalue weighted by molar-refractivity contribution is 0.301. The number of nitrogens with two attached hydrogens (primary N) is 1. The highest BCUT2D eigenvalue weighted by Crippen LogP contribution is 2.32. The smallest absolute Gasteiger partial charge is 0.230 e. The van der Waals surface area contributed by atoms with Gasteiger partial charge in [0.15, 0.2) is 0 Å². The average molecular weight is 327 g/mol. The van der Waals surface area contributed by atoms with Gasteiger partial charge in [-0.2, -0.15) is 4.98 Å². The second kappa shape index (κ2) is 7.13. The molecule has 1 aromatic heterocycles. The van der Waals surface area contributed by atoms with Crippen molar-refractivity contribution in [2.45, 2.75) is 57.5 Å². The number of anilines is 1. The van der Waals surface area contributed by atoms with Crippen LogP contribution in [-0.4, -0.2) is 28.4 Å². The molecule has 0 aliphatic heterocycles. The molecule has 4 N–H and O–H groups in total. The van der Waals surface area contributed by atoms with Crippen LogP contribution in [0.25, 0.3) is 11.4 Å². The molecule has 1 aromatic carbocycles. The summed E-state index contributed by atoms with van der Waals surface area (Å²) in [6, 6.07) is 6.40. The van der Waals surface area contributed by atoms with Crippen LogP contribution in [0.3, 0.4) is 0 Å². The SMILES string of the molecule is CC(C)Nc1cc(-c2noc([C@H]3CC[C@@H](N)CC3)n2)ccc1C=N. The lowest BCUT2D eigenvalue weighted by atomic mass is 9.86. The van der Waals surface area contributed by atoms with E-state index in [1.165, 1.54) is 6.21 Å². The highest BCUT2D eigenvalue weighted by atomic mass is 16.5. The summed E-state index contributed by atoms with van der Waals surface area (Å²) in [7, 11) is 0. The molecule has 1 aliphatic rings. The summed E-state index contributed by atoms with van der Waals surface area (Å²) < 4.78 is 5.50. The second-order valence-corrected chi connectivity index (χ2v) is 6.81. The van der Waals surface area contributed by atoms with Crippen molar-refractivity contribution < 1.29 is 4.52 Å². The van der Waals surface area contributed by atoms with Gasteiger partial charge in [0.1, 0.15) is 0 Å². The molecule has 1 aliphatic carbocycles. The van der Waals surface area contributed by atoms with E-state index in [2.05, 4.69) is 29.3 Å². The third-order valence-electron chi connectivity index (χ3n) is 4.47. The molecule has 128 valence electrons. The minimum atomic E-state index is 0.284. The standard InChI is InChI=1S/C18H25N5O/c1-11(2)21-16-9-13(3-4-14(16)10-19)17-22-18(24-23-17)12-5-7-15(20)8-6-12/h3-4,9-12,15,19,21H,5-8,20H2,1-2H3/t12-,15+. The zero-order valence-corrected chi connectivity index (χ0v) is 14.2. The van der Waals surface area contributed by atoms with E-state index in [4.69, 9.17) is 15.7 Å². The number of benzene rings is 1. The average Bonchev–Trinajstić information content (AvgIpc) is 3.05. The quantitative estimate of drug-likeness (QED) is 0.729. The molecular weight excluding hydrogens is 302 g/mol. The number of hydrogen-bond donors (Lipinski definition) is 3. The van der Waals surface area contributed by atoms with E-state index in [-0.39, 0.29) is 6.04 Å². The van der Waals surface area contributed by atoms with Gasteiger partial charge < -0.3 is 21.0 Å². The Morgan fingerprint density at radius 2 is 2.04 bits per heavy atom. The van der Waals surface area contributed by atoms with Crippen LogP contribution in [0.1, 0.15) is 56.9 Å². The largest absolute Gasteiger partial charge is 0.382 e. The Labute approximate surface area is 142 Å². The van der Waals surface area contributed by atoms with Gasteiger partial charge in [0.05, 0.1) is 0 Å². The number of aromatic nitrogens is 2. The predicted octanol–water partition coefficient (Wildman–Crippen LogP) is 3.54. The van der Waals surface area contributed by atoms with Gasteiger partial charge >= 0.3 is 0 Å². The van der Waals surface area contributed by atoms with Gasteiger partial charge in [-0.25, -0.2) is 0 Å². The Kier molecular flexibility index (Phi) is 4.94. The van der Waals surface area contributed by atoms with Gasteiger partial charge in [-0.15, -0.1) is 0 Å². The van der Waals surface area contributed by atoms with Crippen LogP contribution in [0.2, 0.25) is 0 Å². The molecule has 3 rings (SSSR count). The Hall–Kier alpha value is -2.21. The third-order valence-corrected chi connectivity index (χ3v) is 4.47. The lowest BCUT2D eigenvalue weighted by Gasteiger charge is -2.22. The van der Waals surface area contributed by atoms with Crippen LogP contribution in [-0.2, 0) is 0 Å². The van der Waals surface area contributed by atoms with E-state index in [0.29, 0.717) is 23.7 Å². The topological polar surface area (TPSA) is 101 Å². The van der Waals surface area contributed by atoms with Gasteiger partial charge in [0.2, 0.25) is 11.7 Å². The Balaban J connectivity index is 1.83. The fourth-order valence-corrected chi connectivity index (χ4v) is 3.14. The summed E-state index contributed by atoms with van der Waals surface area (Å²) in [5.74, 6) is 1.63. The molecule has 1 saturated carbocycles. The summed E-state index contributed by atoms with van der Waals surface area (Å²) >= 11 is 0. The Morgan fingerprint density at radius 1 is 1.29 bits per heavy atom. The maximum Gasteiger partial charge on any atom is 0.230 e. The first-order chi connectivity index (χ1) is 11.6. The van der Waals surface area contributed by atoms with Gasteiger partial charge in [-0.3, -0.25) is 0 Å². The lowest BCUT2D eigenvalue weighted by Crippen LogP contribution is -2.25.